The third-order valence-corrected chi connectivity index (χ3v) is 5.53. The zero-order valence-electron chi connectivity index (χ0n) is 12.1. The van der Waals surface area contributed by atoms with E-state index < -0.39 is 9.84 Å². The molecule has 0 aromatic heterocycles. The minimum atomic E-state index is -3.22. The number of sulfone groups is 1. The van der Waals surface area contributed by atoms with Crippen LogP contribution in [0.2, 0.25) is 0 Å². The van der Waals surface area contributed by atoms with Gasteiger partial charge >= 0.3 is 0 Å². The Hall–Kier alpha value is -0.880. The fourth-order valence-electron chi connectivity index (χ4n) is 2.73. The van der Waals surface area contributed by atoms with Crippen LogP contribution in [0.4, 0.5) is 0 Å². The standard InChI is InChI=1S/C15H20BrNO3S/c1-21(19,20)14-8-6-12(7-9-14)15(18)17-11-3-5-13(17)4-2-10-16/h6-9,13H,2-5,10-11H2,1H3. The number of carbonyl (C=O) groups is 1. The fraction of sp³-hybridized carbons (Fsp3) is 0.533. The van der Waals surface area contributed by atoms with Gasteiger partial charge in [-0.25, -0.2) is 8.42 Å². The average Bonchev–Trinajstić information content (AvgIpc) is 2.92. The van der Waals surface area contributed by atoms with Crippen LogP contribution < -0.4 is 0 Å². The first kappa shape index (κ1) is 16.5. The Morgan fingerprint density at radius 3 is 2.57 bits per heavy atom. The van der Waals surface area contributed by atoms with Crippen molar-refractivity contribution in [3.05, 3.63) is 29.8 Å². The maximum Gasteiger partial charge on any atom is 0.254 e. The van der Waals surface area contributed by atoms with Crippen molar-refractivity contribution < 1.29 is 13.2 Å². The van der Waals surface area contributed by atoms with Crippen LogP contribution in [0.25, 0.3) is 0 Å². The molecule has 1 amide bonds. The lowest BCUT2D eigenvalue weighted by Gasteiger charge is -2.24. The number of rotatable bonds is 5. The van der Waals surface area contributed by atoms with E-state index in [1.54, 1.807) is 12.1 Å². The molecule has 0 spiro atoms. The Balaban J connectivity index is 2.12. The molecule has 1 saturated heterocycles. The predicted molar refractivity (Wildman–Crippen MR) is 86.6 cm³/mol. The molecule has 0 N–H and O–H groups in total. The highest BCUT2D eigenvalue weighted by Gasteiger charge is 2.28. The Kier molecular flexibility index (Phi) is 5.43. The maximum absolute atomic E-state index is 12.5. The predicted octanol–water partition coefficient (Wildman–Crippen LogP) is 2.87. The third-order valence-electron chi connectivity index (χ3n) is 3.84. The highest BCUT2D eigenvalue weighted by molar-refractivity contribution is 9.09. The number of carbonyl (C=O) groups excluding carboxylic acids is 1. The summed E-state index contributed by atoms with van der Waals surface area (Å²) in [5, 5.41) is 0.953. The second-order valence-corrected chi connectivity index (χ2v) is 8.23. The SMILES string of the molecule is CS(=O)(=O)c1ccc(C(=O)N2CCCC2CCCBr)cc1. The molecule has 4 nitrogen and oxygen atoms in total. The van der Waals surface area contributed by atoms with E-state index in [1.807, 2.05) is 4.90 Å². The summed E-state index contributed by atoms with van der Waals surface area (Å²) in [5.41, 5.74) is 0.563. The summed E-state index contributed by atoms with van der Waals surface area (Å²) in [6, 6.07) is 6.54. The van der Waals surface area contributed by atoms with Crippen LogP contribution in [0.3, 0.4) is 0 Å². The van der Waals surface area contributed by atoms with Crippen molar-refractivity contribution in [3.8, 4) is 0 Å². The van der Waals surface area contributed by atoms with Crippen molar-refractivity contribution in [2.75, 3.05) is 18.1 Å². The second-order valence-electron chi connectivity index (χ2n) is 5.42. The summed E-state index contributed by atoms with van der Waals surface area (Å²) >= 11 is 3.42. The molecule has 1 aromatic carbocycles. The van der Waals surface area contributed by atoms with E-state index in [0.29, 0.717) is 11.6 Å². The summed E-state index contributed by atoms with van der Waals surface area (Å²) in [7, 11) is -3.22. The molecule has 1 atom stereocenters. The minimum absolute atomic E-state index is 0.00660. The summed E-state index contributed by atoms with van der Waals surface area (Å²) in [6.45, 7) is 0.791. The van der Waals surface area contributed by atoms with Crippen LogP contribution in [-0.2, 0) is 9.84 Å². The van der Waals surface area contributed by atoms with Crippen molar-refractivity contribution in [1.29, 1.82) is 0 Å². The lowest BCUT2D eigenvalue weighted by molar-refractivity contribution is 0.0730. The molecule has 0 saturated carbocycles. The van der Waals surface area contributed by atoms with Crippen LogP contribution in [0.5, 0.6) is 0 Å². The van der Waals surface area contributed by atoms with Crippen LogP contribution >= 0.6 is 15.9 Å². The van der Waals surface area contributed by atoms with Gasteiger partial charge in [-0.3, -0.25) is 4.79 Å². The number of likely N-dealkylation sites (tertiary alicyclic amines) is 1. The Bertz CT molecular complexity index is 598. The van der Waals surface area contributed by atoms with Gasteiger partial charge in [-0.05, 0) is 49.9 Å². The van der Waals surface area contributed by atoms with E-state index >= 15 is 0 Å². The van der Waals surface area contributed by atoms with Crippen molar-refractivity contribution in [2.45, 2.75) is 36.6 Å². The molecule has 21 heavy (non-hydrogen) atoms. The molecular weight excluding hydrogens is 354 g/mol. The molecule has 1 aromatic rings. The molecule has 2 rings (SSSR count). The Labute approximate surface area is 134 Å². The summed E-state index contributed by atoms with van der Waals surface area (Å²) in [6.07, 6.45) is 5.33. The van der Waals surface area contributed by atoms with Crippen LogP contribution in [0, 0.1) is 0 Å². The number of hydrogen-bond acceptors (Lipinski definition) is 3. The minimum Gasteiger partial charge on any atom is -0.336 e. The lowest BCUT2D eigenvalue weighted by atomic mass is 10.1. The van der Waals surface area contributed by atoms with Crippen molar-refractivity contribution in [1.82, 2.24) is 4.90 Å². The number of alkyl halides is 1. The van der Waals surface area contributed by atoms with E-state index in [4.69, 9.17) is 0 Å². The second kappa shape index (κ2) is 6.92. The number of halogens is 1. The van der Waals surface area contributed by atoms with Gasteiger partial charge in [0.15, 0.2) is 9.84 Å². The quantitative estimate of drug-likeness (QED) is 0.745. The van der Waals surface area contributed by atoms with Gasteiger partial charge in [-0.1, -0.05) is 15.9 Å². The van der Waals surface area contributed by atoms with E-state index in [0.717, 1.165) is 37.6 Å². The van der Waals surface area contributed by atoms with Gasteiger partial charge in [0.2, 0.25) is 0 Å². The van der Waals surface area contributed by atoms with Gasteiger partial charge in [0.05, 0.1) is 4.90 Å². The summed E-state index contributed by atoms with van der Waals surface area (Å²) in [5.74, 6) is 0.00660. The molecule has 0 radical (unpaired) electrons. The zero-order chi connectivity index (χ0) is 15.5. The maximum atomic E-state index is 12.5. The van der Waals surface area contributed by atoms with Gasteiger partial charge in [-0.15, -0.1) is 0 Å². The van der Waals surface area contributed by atoms with E-state index in [9.17, 15) is 13.2 Å². The smallest absolute Gasteiger partial charge is 0.254 e. The van der Waals surface area contributed by atoms with Gasteiger partial charge in [0.25, 0.3) is 5.91 Å². The molecule has 1 aliphatic rings. The van der Waals surface area contributed by atoms with Crippen molar-refractivity contribution >= 4 is 31.7 Å². The molecule has 1 heterocycles. The zero-order valence-corrected chi connectivity index (χ0v) is 14.5. The molecule has 1 fully saturated rings. The summed E-state index contributed by atoms with van der Waals surface area (Å²) in [4.78, 5) is 14.7. The molecule has 6 heteroatoms. The highest BCUT2D eigenvalue weighted by Crippen LogP contribution is 2.24. The first-order chi connectivity index (χ1) is 9.93. The van der Waals surface area contributed by atoms with Crippen LogP contribution in [-0.4, -0.2) is 43.4 Å². The lowest BCUT2D eigenvalue weighted by Crippen LogP contribution is -2.35. The van der Waals surface area contributed by atoms with E-state index in [2.05, 4.69) is 15.9 Å². The normalized spacial score (nSPS) is 19.0. The molecule has 0 bridgehead atoms. The Morgan fingerprint density at radius 1 is 1.33 bits per heavy atom. The number of amides is 1. The van der Waals surface area contributed by atoms with E-state index in [1.165, 1.54) is 18.4 Å². The van der Waals surface area contributed by atoms with Gasteiger partial charge in [0, 0.05) is 29.7 Å². The topological polar surface area (TPSA) is 54.5 Å². The monoisotopic (exact) mass is 373 g/mol. The third kappa shape index (κ3) is 4.07. The average molecular weight is 374 g/mol. The van der Waals surface area contributed by atoms with Gasteiger partial charge in [-0.2, -0.15) is 0 Å². The first-order valence-corrected chi connectivity index (χ1v) is 10.1. The first-order valence-electron chi connectivity index (χ1n) is 7.10. The van der Waals surface area contributed by atoms with Crippen LogP contribution in [0.1, 0.15) is 36.0 Å². The molecule has 116 valence electrons. The van der Waals surface area contributed by atoms with Gasteiger partial charge in [0.1, 0.15) is 0 Å². The fourth-order valence-corrected chi connectivity index (χ4v) is 3.68. The van der Waals surface area contributed by atoms with Gasteiger partial charge < -0.3 is 4.90 Å². The van der Waals surface area contributed by atoms with Crippen LogP contribution in [0.15, 0.2) is 29.2 Å². The highest BCUT2D eigenvalue weighted by atomic mass is 79.9. The molecule has 1 unspecified atom stereocenters. The molecule has 0 aliphatic carbocycles. The molecular formula is C15H20BrNO3S. The largest absolute Gasteiger partial charge is 0.336 e. The van der Waals surface area contributed by atoms with Crippen molar-refractivity contribution in [2.24, 2.45) is 0 Å². The van der Waals surface area contributed by atoms with E-state index in [-0.39, 0.29) is 10.8 Å². The number of nitrogens with zero attached hydrogens (tertiary/aromatic N) is 1. The molecule has 1 aliphatic heterocycles. The number of hydrogen-bond donors (Lipinski definition) is 0. The Morgan fingerprint density at radius 2 is 2.00 bits per heavy atom. The number of benzene rings is 1. The van der Waals surface area contributed by atoms with Crippen molar-refractivity contribution in [3.63, 3.8) is 0 Å². The summed E-state index contributed by atoms with van der Waals surface area (Å²) < 4.78 is 22.9.